The molecule has 0 spiro atoms. The molecule has 0 saturated carbocycles. The van der Waals surface area contributed by atoms with Gasteiger partial charge in [-0.2, -0.15) is 12.7 Å². The fraction of sp³-hybridized carbons (Fsp3) is 0.875. The van der Waals surface area contributed by atoms with Gasteiger partial charge in [-0.1, -0.05) is 0 Å². The lowest BCUT2D eigenvalue weighted by Crippen LogP contribution is -2.54. The van der Waals surface area contributed by atoms with Crippen LogP contribution in [0.25, 0.3) is 0 Å². The first-order valence-corrected chi connectivity index (χ1v) is 6.25. The molecular weight excluding hydrogens is 234 g/mol. The van der Waals surface area contributed by atoms with E-state index in [1.807, 2.05) is 0 Å². The van der Waals surface area contributed by atoms with Gasteiger partial charge in [0.1, 0.15) is 0 Å². The summed E-state index contributed by atoms with van der Waals surface area (Å²) in [6.45, 7) is 5.12. The van der Waals surface area contributed by atoms with Crippen LogP contribution in [0.1, 0.15) is 20.8 Å². The minimum atomic E-state index is -3.92. The smallest absolute Gasteiger partial charge is 0.421 e. The predicted octanol–water partition coefficient (Wildman–Crippen LogP) is -0.354. The third-order valence-corrected chi connectivity index (χ3v) is 3.84. The molecule has 0 bridgehead atoms. The Bertz CT molecular complexity index is 339. The van der Waals surface area contributed by atoms with Crippen LogP contribution in [0.2, 0.25) is 0 Å². The summed E-state index contributed by atoms with van der Waals surface area (Å²) >= 11 is 0. The summed E-state index contributed by atoms with van der Waals surface area (Å²) in [7, 11) is -2.58. The number of carbonyl (C=O) groups is 1. The number of rotatable bonds is 5. The van der Waals surface area contributed by atoms with Crippen LogP contribution >= 0.6 is 0 Å². The first-order chi connectivity index (χ1) is 7.17. The van der Waals surface area contributed by atoms with Crippen molar-refractivity contribution in [2.75, 3.05) is 20.2 Å². The maximum Gasteiger partial charge on any atom is 0.421 e. The maximum absolute atomic E-state index is 11.7. The number of likely N-dealkylation sites (N-methyl/N-ethyl adjacent to an activating group) is 1. The largest absolute Gasteiger partial charge is 0.449 e. The van der Waals surface area contributed by atoms with Crippen LogP contribution in [0, 0.1) is 0 Å². The van der Waals surface area contributed by atoms with Crippen molar-refractivity contribution in [3.05, 3.63) is 0 Å². The fourth-order valence-electron chi connectivity index (χ4n) is 0.788. The number of hydrogen-bond donors (Lipinski definition) is 2. The van der Waals surface area contributed by atoms with Gasteiger partial charge in [0.15, 0.2) is 0 Å². The van der Waals surface area contributed by atoms with Gasteiger partial charge in [-0.15, -0.1) is 0 Å². The van der Waals surface area contributed by atoms with Crippen LogP contribution in [0.3, 0.4) is 0 Å². The second-order valence-electron chi connectivity index (χ2n) is 3.81. The van der Waals surface area contributed by atoms with Gasteiger partial charge in [0.2, 0.25) is 0 Å². The SMILES string of the molecule is CCOC(=O)NS(=O)(=O)N(C)C(C)(C)CN. The van der Waals surface area contributed by atoms with E-state index in [2.05, 4.69) is 4.74 Å². The highest BCUT2D eigenvalue weighted by Crippen LogP contribution is 2.13. The molecule has 3 N–H and O–H groups in total. The highest BCUT2D eigenvalue weighted by atomic mass is 32.2. The highest BCUT2D eigenvalue weighted by molar-refractivity contribution is 7.87. The van der Waals surface area contributed by atoms with Crippen molar-refractivity contribution in [1.29, 1.82) is 0 Å². The van der Waals surface area contributed by atoms with Gasteiger partial charge in [-0.3, -0.25) is 0 Å². The van der Waals surface area contributed by atoms with Crippen molar-refractivity contribution in [2.24, 2.45) is 5.73 Å². The summed E-state index contributed by atoms with van der Waals surface area (Å²) in [5, 5.41) is 0. The van der Waals surface area contributed by atoms with Gasteiger partial charge in [-0.25, -0.2) is 9.52 Å². The van der Waals surface area contributed by atoms with Crippen LogP contribution in [0.15, 0.2) is 0 Å². The van der Waals surface area contributed by atoms with Crippen LogP contribution < -0.4 is 10.5 Å². The van der Waals surface area contributed by atoms with Crippen LogP contribution in [-0.4, -0.2) is 44.6 Å². The minimum Gasteiger partial charge on any atom is -0.449 e. The quantitative estimate of drug-likeness (QED) is 0.697. The van der Waals surface area contributed by atoms with Crippen LogP contribution in [0.4, 0.5) is 4.79 Å². The molecule has 16 heavy (non-hydrogen) atoms. The van der Waals surface area contributed by atoms with E-state index in [1.54, 1.807) is 25.5 Å². The van der Waals surface area contributed by atoms with Crippen molar-refractivity contribution in [2.45, 2.75) is 26.3 Å². The zero-order valence-electron chi connectivity index (χ0n) is 9.98. The third-order valence-electron chi connectivity index (χ3n) is 2.20. The van der Waals surface area contributed by atoms with Gasteiger partial charge in [-0.05, 0) is 20.8 Å². The van der Waals surface area contributed by atoms with Crippen molar-refractivity contribution in [3.8, 4) is 0 Å². The molecule has 0 radical (unpaired) electrons. The van der Waals surface area contributed by atoms with E-state index in [-0.39, 0.29) is 13.2 Å². The van der Waals surface area contributed by atoms with E-state index < -0.39 is 21.8 Å². The molecule has 0 aromatic heterocycles. The normalized spacial score (nSPS) is 12.6. The number of amides is 1. The standard InChI is InChI=1S/C8H19N3O4S/c1-5-15-7(12)10-16(13,14)11(4)8(2,3)6-9/h5-6,9H2,1-4H3,(H,10,12). The van der Waals surface area contributed by atoms with Crippen molar-refractivity contribution < 1.29 is 17.9 Å². The molecule has 0 fully saturated rings. The third kappa shape index (κ3) is 3.95. The van der Waals surface area contributed by atoms with Gasteiger partial charge in [0.25, 0.3) is 0 Å². The topological polar surface area (TPSA) is 102 Å². The van der Waals surface area contributed by atoms with Crippen molar-refractivity contribution in [3.63, 3.8) is 0 Å². The summed E-state index contributed by atoms with van der Waals surface area (Å²) in [6, 6.07) is 0. The predicted molar refractivity (Wildman–Crippen MR) is 60.0 cm³/mol. The molecule has 1 amide bonds. The lowest BCUT2D eigenvalue weighted by molar-refractivity contribution is 0.157. The zero-order chi connectivity index (χ0) is 13.0. The average molecular weight is 253 g/mol. The molecule has 0 atom stereocenters. The Morgan fingerprint density at radius 3 is 2.38 bits per heavy atom. The fourth-order valence-corrected chi connectivity index (χ4v) is 1.92. The van der Waals surface area contributed by atoms with E-state index in [1.165, 1.54) is 7.05 Å². The Morgan fingerprint density at radius 2 is 2.00 bits per heavy atom. The lowest BCUT2D eigenvalue weighted by Gasteiger charge is -2.32. The Labute approximate surface area is 96.1 Å². The molecule has 0 unspecified atom stereocenters. The second-order valence-corrected chi connectivity index (χ2v) is 5.51. The molecule has 0 saturated heterocycles. The molecular formula is C8H19N3O4S. The first kappa shape index (κ1) is 15.1. The van der Waals surface area contributed by atoms with E-state index in [0.29, 0.717) is 0 Å². The van der Waals surface area contributed by atoms with Crippen LogP contribution in [-0.2, 0) is 14.9 Å². The summed E-state index contributed by atoms with van der Waals surface area (Å²) in [5.74, 6) is 0. The Hall–Kier alpha value is -0.860. The molecule has 0 heterocycles. The summed E-state index contributed by atoms with van der Waals surface area (Å²) in [6.07, 6.45) is -0.998. The lowest BCUT2D eigenvalue weighted by atomic mass is 10.1. The molecule has 96 valence electrons. The Kier molecular flexibility index (Phi) is 5.17. The number of nitrogens with two attached hydrogens (primary N) is 1. The number of carbonyl (C=O) groups excluding carboxylic acids is 1. The molecule has 0 aromatic carbocycles. The Balaban J connectivity index is 4.74. The van der Waals surface area contributed by atoms with E-state index in [0.717, 1.165) is 4.31 Å². The summed E-state index contributed by atoms with van der Waals surface area (Å²) in [5.41, 5.74) is 4.66. The number of nitrogens with one attached hydrogen (secondary N) is 1. The van der Waals surface area contributed by atoms with Gasteiger partial charge >= 0.3 is 16.3 Å². The zero-order valence-corrected chi connectivity index (χ0v) is 10.8. The average Bonchev–Trinajstić information content (AvgIpc) is 2.16. The van der Waals surface area contributed by atoms with Gasteiger partial charge < -0.3 is 10.5 Å². The number of nitrogens with zero attached hydrogens (tertiary/aromatic N) is 1. The molecule has 8 heteroatoms. The van der Waals surface area contributed by atoms with Crippen molar-refractivity contribution in [1.82, 2.24) is 9.03 Å². The molecule has 7 nitrogen and oxygen atoms in total. The van der Waals surface area contributed by atoms with Gasteiger partial charge in [0, 0.05) is 19.1 Å². The van der Waals surface area contributed by atoms with E-state index in [4.69, 9.17) is 5.73 Å². The van der Waals surface area contributed by atoms with Gasteiger partial charge in [0.05, 0.1) is 6.61 Å². The first-order valence-electron chi connectivity index (χ1n) is 4.81. The molecule has 0 aromatic rings. The number of hydrogen-bond acceptors (Lipinski definition) is 5. The number of ether oxygens (including phenoxy) is 1. The van der Waals surface area contributed by atoms with E-state index in [9.17, 15) is 13.2 Å². The second kappa shape index (κ2) is 5.46. The maximum atomic E-state index is 11.7. The monoisotopic (exact) mass is 253 g/mol. The summed E-state index contributed by atoms with van der Waals surface area (Å²) < 4.78 is 30.6. The van der Waals surface area contributed by atoms with Crippen molar-refractivity contribution >= 4 is 16.3 Å². The Morgan fingerprint density at radius 1 is 1.50 bits per heavy atom. The van der Waals surface area contributed by atoms with Crippen LogP contribution in [0.5, 0.6) is 0 Å². The minimum absolute atomic E-state index is 0.103. The molecule has 0 aliphatic heterocycles. The highest BCUT2D eigenvalue weighted by Gasteiger charge is 2.33. The molecule has 0 aliphatic rings. The summed E-state index contributed by atoms with van der Waals surface area (Å²) in [4.78, 5) is 11.0. The molecule has 0 aliphatic carbocycles. The van der Waals surface area contributed by atoms with E-state index >= 15 is 0 Å². The molecule has 0 rings (SSSR count).